The Bertz CT molecular complexity index is 3780. The van der Waals surface area contributed by atoms with Crippen molar-refractivity contribution in [2.75, 3.05) is 74.1 Å². The molecule has 0 radical (unpaired) electrons. The monoisotopic (exact) mass is 1410 g/mol. The molecule has 33 heteroatoms. The number of pyridine rings is 3. The number of carbonyl (C=O) groups excluding carboxylic acids is 6. The van der Waals surface area contributed by atoms with Gasteiger partial charge in [-0.3, -0.25) is 38.4 Å². The second-order valence-electron chi connectivity index (χ2n) is 20.5. The fourth-order valence-corrected chi connectivity index (χ4v) is 11.7. The van der Waals surface area contributed by atoms with Gasteiger partial charge >= 0.3 is 29.0 Å². The van der Waals surface area contributed by atoms with Crippen LogP contribution in [0.15, 0.2) is 57.2 Å². The smallest absolute Gasteiger partial charge is 1.00 e. The van der Waals surface area contributed by atoms with E-state index in [0.717, 1.165) is 0 Å². The number of ether oxygens (including phenoxy) is 6. The van der Waals surface area contributed by atoms with Crippen LogP contribution in [0.4, 0.5) is 26.3 Å². The maximum absolute atomic E-state index is 13.9. The summed E-state index contributed by atoms with van der Waals surface area (Å²) in [5.74, 6) is -12.3. The van der Waals surface area contributed by atoms with E-state index >= 15 is 0 Å². The van der Waals surface area contributed by atoms with E-state index in [1.807, 2.05) is 6.92 Å². The van der Waals surface area contributed by atoms with Gasteiger partial charge in [0.05, 0.1) is 77.4 Å². The molecule has 0 unspecified atom stereocenters. The molecule has 5 aromatic rings. The number of benzene rings is 2. The molecule has 0 bridgehead atoms. The van der Waals surface area contributed by atoms with E-state index in [1.54, 1.807) is 21.0 Å². The quantitative estimate of drug-likeness (QED) is 0.0585. The predicted molar refractivity (Wildman–Crippen MR) is 295 cm³/mol. The van der Waals surface area contributed by atoms with E-state index in [2.05, 4.69) is 20.7 Å². The third-order valence-corrected chi connectivity index (χ3v) is 15.9. The summed E-state index contributed by atoms with van der Waals surface area (Å²) in [6.07, 6.45) is 5.52. The number of fused-ring (bicyclic) bond motifs is 9. The van der Waals surface area contributed by atoms with Gasteiger partial charge in [-0.05, 0) is 33.1 Å². The van der Waals surface area contributed by atoms with Crippen LogP contribution in [-0.2, 0) is 32.0 Å². The molecule has 5 amide bonds. The normalized spacial score (nSPS) is 20.0. The summed E-state index contributed by atoms with van der Waals surface area (Å²) < 4.78 is 118. The number of rotatable bonds is 11. The molecular weight excluding hydrogens is 1350 g/mol. The number of hydrogen-bond donors (Lipinski definition) is 4. The minimum Gasteiger partial charge on any atom is -1.00 e. The van der Waals surface area contributed by atoms with E-state index in [0.29, 0.717) is 89.7 Å². The Morgan fingerprint density at radius 1 is 0.567 bits per heavy atom. The van der Waals surface area contributed by atoms with Crippen molar-refractivity contribution < 1.29 is 123 Å². The number of nitrogens with one attached hydrogen (secondary N) is 3. The third kappa shape index (κ3) is 13.7. The Hall–Kier alpha value is -7.30. The number of amides is 5. The van der Waals surface area contributed by atoms with E-state index in [9.17, 15) is 74.6 Å². The predicted octanol–water partition coefficient (Wildman–Crippen LogP) is -2.94. The van der Waals surface area contributed by atoms with E-state index in [1.165, 1.54) is 49.4 Å². The summed E-state index contributed by atoms with van der Waals surface area (Å²) in [5, 5.41) is 17.8. The molecule has 3 aromatic heterocycles. The van der Waals surface area contributed by atoms with Crippen LogP contribution in [0.3, 0.4) is 0 Å². The molecule has 2 aromatic carbocycles. The third-order valence-electron chi connectivity index (χ3n) is 15.9. The molecule has 11 rings (SSSR count). The van der Waals surface area contributed by atoms with Crippen LogP contribution in [0.25, 0.3) is 0 Å². The molecule has 6 aliphatic rings. The van der Waals surface area contributed by atoms with Gasteiger partial charge in [0, 0.05) is 100.0 Å². The SMILES string of the molecule is CCN1C(=O)c2c(O)c(=O)c(C(=O)NCc3c(F)cc(F)cc3F)cn2[C@H]2CCOC[C@H]21.CCN1C(=O)c2c(OC)c(=O)c(C(=O)NCc3c(F)cc(F)cc3F)cn2[C@H]2CCOC[C@H]21.COC(=O)c1cn2c(c(OC)c1=O)C(=O)N[C@@H]1COCC[C@@H]12.[Br-].[Br-].[Mg+2]. The van der Waals surface area contributed by atoms with Crippen LogP contribution in [0, 0.1) is 34.9 Å². The summed E-state index contributed by atoms with van der Waals surface area (Å²) in [4.78, 5) is 117. The largest absolute Gasteiger partial charge is 2.00 e. The van der Waals surface area contributed by atoms with Crippen molar-refractivity contribution in [3.63, 3.8) is 0 Å². The number of esters is 1. The second kappa shape index (κ2) is 30.2. The summed E-state index contributed by atoms with van der Waals surface area (Å²) in [6.45, 7) is 5.40. The van der Waals surface area contributed by atoms with E-state index in [-0.39, 0.29) is 140 Å². The first kappa shape index (κ1) is 71.8. The molecule has 24 nitrogen and oxygen atoms in total. The number of methoxy groups -OCH3 is 3. The molecule has 3 fully saturated rings. The summed E-state index contributed by atoms with van der Waals surface area (Å²) >= 11 is 0. The molecule has 0 aliphatic carbocycles. The fourth-order valence-electron chi connectivity index (χ4n) is 11.7. The number of carbonyl (C=O) groups is 6. The number of aromatic hydroxyl groups is 1. The topological polar surface area (TPSA) is 287 Å². The van der Waals surface area contributed by atoms with Gasteiger partial charge in [0.2, 0.25) is 16.3 Å². The Labute approximate surface area is 544 Å². The molecule has 3 saturated heterocycles. The van der Waals surface area contributed by atoms with Crippen LogP contribution in [0.5, 0.6) is 17.2 Å². The fraction of sp³-hybridized carbons (Fsp3) is 0.421. The van der Waals surface area contributed by atoms with Gasteiger partial charge in [-0.25, -0.2) is 31.1 Å². The zero-order chi connectivity index (χ0) is 62.9. The summed E-state index contributed by atoms with van der Waals surface area (Å²) in [6, 6.07) is 0.436. The van der Waals surface area contributed by atoms with Crippen molar-refractivity contribution >= 4 is 58.6 Å². The minimum atomic E-state index is -1.19. The molecule has 90 heavy (non-hydrogen) atoms. The minimum absolute atomic E-state index is 0. The molecular formula is C57H58Br2F6MgN8O16. The van der Waals surface area contributed by atoms with Crippen molar-refractivity contribution in [2.45, 2.75) is 82.5 Å². The van der Waals surface area contributed by atoms with Gasteiger partial charge in [-0.1, -0.05) is 0 Å². The maximum atomic E-state index is 13.9. The van der Waals surface area contributed by atoms with Crippen LogP contribution in [0.1, 0.15) is 125 Å². The summed E-state index contributed by atoms with van der Waals surface area (Å²) in [7, 11) is 3.71. The Balaban J connectivity index is 0.000000216. The van der Waals surface area contributed by atoms with Crippen LogP contribution in [-0.4, -0.2) is 179 Å². The van der Waals surface area contributed by atoms with Gasteiger partial charge in [0.1, 0.15) is 51.6 Å². The van der Waals surface area contributed by atoms with Crippen LogP contribution >= 0.6 is 0 Å². The van der Waals surface area contributed by atoms with Crippen LogP contribution in [0.2, 0.25) is 0 Å². The Kier molecular flexibility index (Phi) is 24.1. The maximum Gasteiger partial charge on any atom is 2.00 e. The van der Waals surface area contributed by atoms with Crippen molar-refractivity contribution in [3.05, 3.63) is 153 Å². The Morgan fingerprint density at radius 2 is 0.956 bits per heavy atom. The van der Waals surface area contributed by atoms with Crippen molar-refractivity contribution in [1.29, 1.82) is 0 Å². The second-order valence-corrected chi connectivity index (χ2v) is 20.5. The van der Waals surface area contributed by atoms with Crippen molar-refractivity contribution in [1.82, 2.24) is 39.5 Å². The number of aromatic nitrogens is 3. The van der Waals surface area contributed by atoms with Gasteiger partial charge < -0.3 is 107 Å². The first-order chi connectivity index (χ1) is 41.6. The van der Waals surface area contributed by atoms with Gasteiger partial charge in [-0.15, -0.1) is 0 Å². The molecule has 6 atom stereocenters. The molecule has 0 spiro atoms. The molecule has 480 valence electrons. The Morgan fingerprint density at radius 3 is 1.41 bits per heavy atom. The first-order valence-corrected chi connectivity index (χ1v) is 27.3. The average Bonchev–Trinajstić information content (AvgIpc) is 0.855. The first-order valence-electron chi connectivity index (χ1n) is 27.3. The van der Waals surface area contributed by atoms with Gasteiger partial charge in [-0.2, -0.15) is 0 Å². The standard InChI is InChI=1S/C22H22F3N3O5.C21H20F3N3O5.C14H16N2O6.2BrH.Mg/c1-3-27-17-10-33-5-4-16(17)28-9-13(19(29)20(32-2)18(28)22(27)31)21(30)26-8-12-14(24)6-11(23)7-15(12)25;1-2-26-16-9-32-4-3-15(16)27-8-12(18(28)19(29)17(27)21(26)31)20(30)25-7-11-13(23)5-10(22)6-14(11)24;1-20-12-10-13(18)15-8-6-22-4-3-9(8)16(10)5-7(11(12)17)14(19)21-2;;;/h6-7,9,16-17H,3-5,8,10H2,1-2H3,(H,26,30);5-6,8,15-16,29H,2-4,7,9H2,1H3,(H,25,30);5,8-9H,3-4,6H2,1-2H3,(H,15,18);2*1H;/q;;;;;+2/p-2/t16-,17+;15-,16+;8-,9+;;;/m001.../s1. The molecule has 9 heterocycles. The van der Waals surface area contributed by atoms with E-state index in [4.69, 9.17) is 23.7 Å². The number of hydrogen-bond acceptors (Lipinski definition) is 16. The van der Waals surface area contributed by atoms with Crippen molar-refractivity contribution in [2.24, 2.45) is 0 Å². The molecule has 0 saturated carbocycles. The molecule has 6 aliphatic heterocycles. The average molecular weight is 1410 g/mol. The number of halogens is 8. The van der Waals surface area contributed by atoms with Crippen molar-refractivity contribution in [3.8, 4) is 17.2 Å². The number of nitrogens with zero attached hydrogens (tertiary/aromatic N) is 5. The van der Waals surface area contributed by atoms with Gasteiger partial charge in [0.15, 0.2) is 34.3 Å². The summed E-state index contributed by atoms with van der Waals surface area (Å²) in [5.41, 5.74) is -4.72. The van der Waals surface area contributed by atoms with Gasteiger partial charge in [0.25, 0.3) is 29.5 Å². The van der Waals surface area contributed by atoms with Crippen LogP contribution < -0.4 is 75.7 Å². The van der Waals surface area contributed by atoms with E-state index < -0.39 is 122 Å². The zero-order valence-corrected chi connectivity index (χ0v) is 53.3. The zero-order valence-electron chi connectivity index (χ0n) is 48.7. The number of likely N-dealkylation sites (N-methyl/N-ethyl adjacent to an activating group) is 2. The molecule has 4 N–H and O–H groups in total.